The summed E-state index contributed by atoms with van der Waals surface area (Å²) in [6, 6.07) is 5.60. The molecule has 0 spiro atoms. The molecule has 6 heteroatoms. The van der Waals surface area contributed by atoms with Crippen molar-refractivity contribution in [2.45, 2.75) is 19.8 Å². The topological polar surface area (TPSA) is 49.4 Å². The van der Waals surface area contributed by atoms with Crippen molar-refractivity contribution in [1.29, 1.82) is 0 Å². The van der Waals surface area contributed by atoms with E-state index in [0.29, 0.717) is 18.0 Å². The lowest BCUT2D eigenvalue weighted by atomic mass is 9.96. The summed E-state index contributed by atoms with van der Waals surface area (Å²) >= 11 is 6.82. The number of hydrogen-bond acceptors (Lipinski definition) is 2. The first kappa shape index (κ1) is 16.5. The molecule has 1 heterocycles. The van der Waals surface area contributed by atoms with Gasteiger partial charge in [0.05, 0.1) is 0 Å². The lowest BCUT2D eigenvalue weighted by molar-refractivity contribution is -0.119. The molecule has 1 aromatic rings. The molecule has 4 nitrogen and oxygen atoms in total. The molecule has 0 unspecified atom stereocenters. The van der Waals surface area contributed by atoms with Gasteiger partial charge in [-0.3, -0.25) is 9.59 Å². The van der Waals surface area contributed by atoms with Crippen LogP contribution >= 0.6 is 31.9 Å². The van der Waals surface area contributed by atoms with Crippen LogP contribution in [0.2, 0.25) is 0 Å². The quantitative estimate of drug-likeness (QED) is 0.820. The van der Waals surface area contributed by atoms with Gasteiger partial charge in [0.2, 0.25) is 5.91 Å². The Morgan fingerprint density at radius 3 is 2.29 bits per heavy atom. The van der Waals surface area contributed by atoms with Crippen molar-refractivity contribution >= 4 is 43.7 Å². The molecule has 2 rings (SSSR count). The third-order valence-corrected chi connectivity index (χ3v) is 4.57. The second-order valence-electron chi connectivity index (χ2n) is 5.33. The van der Waals surface area contributed by atoms with E-state index in [9.17, 15) is 9.59 Å². The average molecular weight is 418 g/mol. The van der Waals surface area contributed by atoms with E-state index < -0.39 is 0 Å². The van der Waals surface area contributed by atoms with Crippen molar-refractivity contribution < 1.29 is 9.59 Å². The second kappa shape index (κ2) is 7.40. The van der Waals surface area contributed by atoms with E-state index in [0.717, 1.165) is 34.9 Å². The van der Waals surface area contributed by atoms with Crippen LogP contribution in [0.5, 0.6) is 0 Å². The molecular weight excluding hydrogens is 400 g/mol. The number of piperidine rings is 1. The van der Waals surface area contributed by atoms with Crippen LogP contribution in [0.4, 0.5) is 0 Å². The molecule has 1 fully saturated rings. The van der Waals surface area contributed by atoms with Crippen LogP contribution in [0.25, 0.3) is 0 Å². The highest BCUT2D eigenvalue weighted by molar-refractivity contribution is 9.11. The lowest BCUT2D eigenvalue weighted by Gasteiger charge is -2.32. The van der Waals surface area contributed by atoms with Crippen LogP contribution in [-0.2, 0) is 4.79 Å². The molecule has 114 valence electrons. The Kier molecular flexibility index (Phi) is 5.81. The van der Waals surface area contributed by atoms with Crippen molar-refractivity contribution in [2.75, 3.05) is 19.6 Å². The number of amides is 2. The van der Waals surface area contributed by atoms with Gasteiger partial charge >= 0.3 is 0 Å². The normalized spacial score (nSPS) is 15.9. The fraction of sp³-hybridized carbons (Fsp3) is 0.467. The third-order valence-electron chi connectivity index (χ3n) is 3.65. The SMILES string of the molecule is CC(=O)NCC1CCN(C(=O)c2cc(Br)cc(Br)c2)CC1. The van der Waals surface area contributed by atoms with E-state index in [4.69, 9.17) is 0 Å². The molecular formula is C15H18Br2N2O2. The van der Waals surface area contributed by atoms with Gasteiger partial charge in [-0.15, -0.1) is 0 Å². The Balaban J connectivity index is 1.92. The van der Waals surface area contributed by atoms with Crippen LogP contribution in [0, 0.1) is 5.92 Å². The number of carbonyl (C=O) groups is 2. The first-order chi connectivity index (χ1) is 9.95. The number of halogens is 2. The van der Waals surface area contributed by atoms with E-state index in [1.807, 2.05) is 23.1 Å². The minimum absolute atomic E-state index is 0.00694. The summed E-state index contributed by atoms with van der Waals surface area (Å²) in [5.41, 5.74) is 0.691. The van der Waals surface area contributed by atoms with Gasteiger partial charge in [0.25, 0.3) is 5.91 Å². The molecule has 0 aliphatic carbocycles. The summed E-state index contributed by atoms with van der Waals surface area (Å²) in [6.07, 6.45) is 1.86. The minimum atomic E-state index is 0.00694. The predicted octanol–water partition coefficient (Wildman–Crippen LogP) is 3.20. The smallest absolute Gasteiger partial charge is 0.253 e. The van der Waals surface area contributed by atoms with E-state index in [-0.39, 0.29) is 11.8 Å². The second-order valence-corrected chi connectivity index (χ2v) is 7.16. The zero-order valence-electron chi connectivity index (χ0n) is 11.9. The number of rotatable bonds is 3. The molecule has 0 radical (unpaired) electrons. The summed E-state index contributed by atoms with van der Waals surface area (Å²) in [6.45, 7) is 3.73. The molecule has 0 aromatic heterocycles. The zero-order chi connectivity index (χ0) is 15.4. The molecule has 1 aliphatic heterocycles. The van der Waals surface area contributed by atoms with Crippen molar-refractivity contribution in [3.8, 4) is 0 Å². The van der Waals surface area contributed by atoms with Gasteiger partial charge in [0.1, 0.15) is 0 Å². The monoisotopic (exact) mass is 416 g/mol. The van der Waals surface area contributed by atoms with E-state index in [1.165, 1.54) is 6.92 Å². The minimum Gasteiger partial charge on any atom is -0.356 e. The molecule has 0 atom stereocenters. The summed E-state index contributed by atoms with van der Waals surface area (Å²) in [5.74, 6) is 0.537. The standard InChI is InChI=1S/C15H18Br2N2O2/c1-10(20)18-9-11-2-4-19(5-3-11)15(21)12-6-13(16)8-14(17)7-12/h6-8,11H,2-5,9H2,1H3,(H,18,20). The van der Waals surface area contributed by atoms with E-state index in [1.54, 1.807) is 0 Å². The number of carbonyl (C=O) groups excluding carboxylic acids is 2. The maximum Gasteiger partial charge on any atom is 0.253 e. The highest BCUT2D eigenvalue weighted by atomic mass is 79.9. The van der Waals surface area contributed by atoms with Gasteiger partial charge in [-0.1, -0.05) is 31.9 Å². The fourth-order valence-corrected chi connectivity index (χ4v) is 3.78. The molecule has 0 saturated carbocycles. The van der Waals surface area contributed by atoms with Crippen LogP contribution < -0.4 is 5.32 Å². The Bertz CT molecular complexity index is 520. The maximum atomic E-state index is 12.5. The molecule has 0 bridgehead atoms. The highest BCUT2D eigenvalue weighted by Crippen LogP contribution is 2.23. The number of nitrogens with zero attached hydrogens (tertiary/aromatic N) is 1. The first-order valence-corrected chi connectivity index (χ1v) is 8.54. The number of benzene rings is 1. The highest BCUT2D eigenvalue weighted by Gasteiger charge is 2.24. The number of hydrogen-bond donors (Lipinski definition) is 1. The van der Waals surface area contributed by atoms with Crippen LogP contribution in [0.15, 0.2) is 27.1 Å². The third kappa shape index (κ3) is 4.81. The molecule has 1 aliphatic rings. The van der Waals surface area contributed by atoms with E-state index >= 15 is 0 Å². The lowest BCUT2D eigenvalue weighted by Crippen LogP contribution is -2.41. The Morgan fingerprint density at radius 2 is 1.76 bits per heavy atom. The number of likely N-dealkylation sites (tertiary alicyclic amines) is 1. The Morgan fingerprint density at radius 1 is 1.19 bits per heavy atom. The van der Waals surface area contributed by atoms with Crippen molar-refractivity contribution in [3.05, 3.63) is 32.7 Å². The Labute approximate surface area is 141 Å². The van der Waals surface area contributed by atoms with E-state index in [2.05, 4.69) is 37.2 Å². The molecule has 1 N–H and O–H groups in total. The van der Waals surface area contributed by atoms with Crippen molar-refractivity contribution in [3.63, 3.8) is 0 Å². The first-order valence-electron chi connectivity index (χ1n) is 6.95. The largest absolute Gasteiger partial charge is 0.356 e. The fourth-order valence-electron chi connectivity index (χ4n) is 2.49. The van der Waals surface area contributed by atoms with Crippen LogP contribution in [0.3, 0.4) is 0 Å². The Hall–Kier alpha value is -0.880. The summed E-state index contributed by atoms with van der Waals surface area (Å²) < 4.78 is 1.78. The van der Waals surface area contributed by atoms with Gasteiger partial charge in [-0.25, -0.2) is 0 Å². The molecule has 2 amide bonds. The van der Waals surface area contributed by atoms with Gasteiger partial charge in [-0.2, -0.15) is 0 Å². The zero-order valence-corrected chi connectivity index (χ0v) is 15.0. The van der Waals surface area contributed by atoms with Gasteiger partial charge < -0.3 is 10.2 Å². The number of nitrogens with one attached hydrogen (secondary N) is 1. The van der Waals surface area contributed by atoms with Gasteiger partial charge in [0, 0.05) is 41.1 Å². The van der Waals surface area contributed by atoms with Gasteiger partial charge in [-0.05, 0) is 37.0 Å². The van der Waals surface area contributed by atoms with Crippen molar-refractivity contribution in [2.24, 2.45) is 5.92 Å². The van der Waals surface area contributed by atoms with Gasteiger partial charge in [0.15, 0.2) is 0 Å². The summed E-state index contributed by atoms with van der Waals surface area (Å²) in [5, 5.41) is 2.85. The predicted molar refractivity (Wildman–Crippen MR) is 89.2 cm³/mol. The summed E-state index contributed by atoms with van der Waals surface area (Å²) in [7, 11) is 0. The maximum absolute atomic E-state index is 12.5. The average Bonchev–Trinajstić information content (AvgIpc) is 2.44. The molecule has 1 aromatic carbocycles. The van der Waals surface area contributed by atoms with Crippen LogP contribution in [-0.4, -0.2) is 36.3 Å². The van der Waals surface area contributed by atoms with Crippen molar-refractivity contribution in [1.82, 2.24) is 10.2 Å². The van der Waals surface area contributed by atoms with Crippen LogP contribution in [0.1, 0.15) is 30.1 Å². The summed E-state index contributed by atoms with van der Waals surface area (Å²) in [4.78, 5) is 25.3. The molecule has 1 saturated heterocycles. The molecule has 21 heavy (non-hydrogen) atoms.